The van der Waals surface area contributed by atoms with Gasteiger partial charge in [0.15, 0.2) is 0 Å². The van der Waals surface area contributed by atoms with Crippen LogP contribution in [0, 0.1) is 11.3 Å². The summed E-state index contributed by atoms with van der Waals surface area (Å²) in [6, 6.07) is 12.6. The average Bonchev–Trinajstić information content (AvgIpc) is 2.91. The molecule has 0 atom stereocenters. The molecule has 26 heavy (non-hydrogen) atoms. The SMILES string of the molecule is COc1ccc(Cn2c(=O)n(CCCO)c3ccc(C#N)cc32)cc1Cl. The Morgan fingerprint density at radius 2 is 2.00 bits per heavy atom. The minimum absolute atomic E-state index is 0.00345. The van der Waals surface area contributed by atoms with Crippen LogP contribution in [0.5, 0.6) is 5.75 Å². The summed E-state index contributed by atoms with van der Waals surface area (Å²) in [6.07, 6.45) is 0.480. The van der Waals surface area contributed by atoms with E-state index in [9.17, 15) is 10.1 Å². The highest BCUT2D eigenvalue weighted by molar-refractivity contribution is 6.32. The molecular weight excluding hydrogens is 354 g/mol. The standard InChI is InChI=1S/C19H18ClN3O3/c1-26-18-6-4-14(9-15(18)20)12-23-17-10-13(11-21)3-5-16(17)22(19(23)25)7-2-8-24/h3-6,9-10,24H,2,7-8,12H2,1H3. The van der Waals surface area contributed by atoms with Crippen molar-refractivity contribution >= 4 is 22.6 Å². The highest BCUT2D eigenvalue weighted by atomic mass is 35.5. The van der Waals surface area contributed by atoms with Crippen molar-refractivity contribution in [3.8, 4) is 11.8 Å². The third-order valence-electron chi connectivity index (χ3n) is 4.24. The van der Waals surface area contributed by atoms with Gasteiger partial charge in [-0.2, -0.15) is 5.26 Å². The van der Waals surface area contributed by atoms with Gasteiger partial charge in [-0.15, -0.1) is 0 Å². The van der Waals surface area contributed by atoms with Crippen LogP contribution in [0.2, 0.25) is 5.02 Å². The number of rotatable bonds is 6. The van der Waals surface area contributed by atoms with Crippen molar-refractivity contribution in [2.45, 2.75) is 19.5 Å². The number of benzene rings is 2. The molecule has 0 saturated carbocycles. The van der Waals surface area contributed by atoms with Crippen molar-refractivity contribution in [3.63, 3.8) is 0 Å². The fourth-order valence-corrected chi connectivity index (χ4v) is 3.26. The molecule has 1 heterocycles. The Balaban J connectivity index is 2.12. The lowest BCUT2D eigenvalue weighted by molar-refractivity contribution is 0.279. The Morgan fingerprint density at radius 1 is 1.19 bits per heavy atom. The average molecular weight is 372 g/mol. The van der Waals surface area contributed by atoms with Crippen molar-refractivity contribution in [2.75, 3.05) is 13.7 Å². The first-order valence-corrected chi connectivity index (χ1v) is 8.53. The first-order chi connectivity index (χ1) is 12.6. The maximum atomic E-state index is 12.9. The monoisotopic (exact) mass is 371 g/mol. The van der Waals surface area contributed by atoms with E-state index in [0.29, 0.717) is 41.4 Å². The molecule has 0 radical (unpaired) electrons. The Morgan fingerprint density at radius 3 is 2.65 bits per heavy atom. The van der Waals surface area contributed by atoms with Crippen LogP contribution in [0.15, 0.2) is 41.2 Å². The van der Waals surface area contributed by atoms with Gasteiger partial charge >= 0.3 is 5.69 Å². The zero-order valence-electron chi connectivity index (χ0n) is 14.3. The lowest BCUT2D eigenvalue weighted by Gasteiger charge is -2.07. The highest BCUT2D eigenvalue weighted by Gasteiger charge is 2.14. The minimum atomic E-state index is -0.185. The van der Waals surface area contributed by atoms with Crippen molar-refractivity contribution in [1.29, 1.82) is 5.26 Å². The summed E-state index contributed by atoms with van der Waals surface area (Å²) < 4.78 is 8.40. The van der Waals surface area contributed by atoms with E-state index in [1.54, 1.807) is 46.6 Å². The molecular formula is C19H18ClN3O3. The second-order valence-corrected chi connectivity index (χ2v) is 6.29. The highest BCUT2D eigenvalue weighted by Crippen LogP contribution is 2.26. The molecule has 0 unspecified atom stereocenters. The third-order valence-corrected chi connectivity index (χ3v) is 4.54. The smallest absolute Gasteiger partial charge is 0.329 e. The minimum Gasteiger partial charge on any atom is -0.495 e. The van der Waals surface area contributed by atoms with Crippen LogP contribution in [0.1, 0.15) is 17.5 Å². The van der Waals surface area contributed by atoms with Gasteiger partial charge in [0.25, 0.3) is 0 Å². The van der Waals surface area contributed by atoms with Gasteiger partial charge in [0.05, 0.1) is 41.3 Å². The van der Waals surface area contributed by atoms with E-state index in [-0.39, 0.29) is 12.3 Å². The predicted octanol–water partition coefficient (Wildman–Crippen LogP) is 2.77. The van der Waals surface area contributed by atoms with E-state index in [0.717, 1.165) is 11.1 Å². The molecule has 1 N–H and O–H groups in total. The van der Waals surface area contributed by atoms with Crippen LogP contribution in [-0.2, 0) is 13.1 Å². The van der Waals surface area contributed by atoms with Crippen LogP contribution in [0.25, 0.3) is 11.0 Å². The second-order valence-electron chi connectivity index (χ2n) is 5.88. The van der Waals surface area contributed by atoms with Crippen LogP contribution in [0.4, 0.5) is 0 Å². The Kier molecular flexibility index (Phi) is 5.31. The van der Waals surface area contributed by atoms with Gasteiger partial charge in [0.1, 0.15) is 5.75 Å². The van der Waals surface area contributed by atoms with Gasteiger partial charge < -0.3 is 9.84 Å². The van der Waals surface area contributed by atoms with Crippen molar-refractivity contribution in [1.82, 2.24) is 9.13 Å². The molecule has 6 nitrogen and oxygen atoms in total. The molecule has 1 aromatic heterocycles. The van der Waals surface area contributed by atoms with E-state index >= 15 is 0 Å². The van der Waals surface area contributed by atoms with Crippen LogP contribution < -0.4 is 10.4 Å². The zero-order valence-corrected chi connectivity index (χ0v) is 15.0. The fraction of sp³-hybridized carbons (Fsp3) is 0.263. The maximum absolute atomic E-state index is 12.9. The number of hydrogen-bond donors (Lipinski definition) is 1. The van der Waals surface area contributed by atoms with Gasteiger partial charge in [-0.1, -0.05) is 17.7 Å². The Bertz CT molecular complexity index is 1050. The Hall–Kier alpha value is -2.75. The second kappa shape index (κ2) is 7.65. The first-order valence-electron chi connectivity index (χ1n) is 8.15. The summed E-state index contributed by atoms with van der Waals surface area (Å²) in [7, 11) is 1.55. The topological polar surface area (TPSA) is 80.2 Å². The van der Waals surface area contributed by atoms with E-state index in [1.165, 1.54) is 0 Å². The van der Waals surface area contributed by atoms with Gasteiger partial charge in [-0.3, -0.25) is 9.13 Å². The molecule has 0 aliphatic heterocycles. The quantitative estimate of drug-likeness (QED) is 0.722. The molecule has 0 fully saturated rings. The molecule has 0 amide bonds. The summed E-state index contributed by atoms with van der Waals surface area (Å²) in [5, 5.41) is 18.8. The summed E-state index contributed by atoms with van der Waals surface area (Å²) in [5.74, 6) is 0.569. The number of aryl methyl sites for hydroxylation is 1. The van der Waals surface area contributed by atoms with E-state index < -0.39 is 0 Å². The summed E-state index contributed by atoms with van der Waals surface area (Å²) in [5.41, 5.74) is 2.57. The molecule has 2 aromatic carbocycles. The number of methoxy groups -OCH3 is 1. The molecule has 7 heteroatoms. The predicted molar refractivity (Wildman–Crippen MR) is 99.7 cm³/mol. The summed E-state index contributed by atoms with van der Waals surface area (Å²) >= 11 is 6.19. The van der Waals surface area contributed by atoms with Crippen LogP contribution in [0.3, 0.4) is 0 Å². The number of aromatic nitrogens is 2. The normalized spacial score (nSPS) is 10.8. The van der Waals surface area contributed by atoms with Crippen LogP contribution >= 0.6 is 11.6 Å². The van der Waals surface area contributed by atoms with Gasteiger partial charge in [0, 0.05) is 13.2 Å². The molecule has 134 valence electrons. The molecule has 0 aliphatic carbocycles. The Labute approximate surface area is 155 Å². The lowest BCUT2D eigenvalue weighted by atomic mass is 10.2. The lowest BCUT2D eigenvalue weighted by Crippen LogP contribution is -2.25. The van der Waals surface area contributed by atoms with Crippen molar-refractivity contribution in [2.24, 2.45) is 0 Å². The summed E-state index contributed by atoms with van der Waals surface area (Å²) in [6.45, 7) is 0.734. The number of hydrogen-bond acceptors (Lipinski definition) is 4. The molecule has 0 spiro atoms. The maximum Gasteiger partial charge on any atom is 0.329 e. The number of nitrogens with zero attached hydrogens (tertiary/aromatic N) is 3. The number of aliphatic hydroxyl groups is 1. The molecule has 3 rings (SSSR count). The molecule has 0 saturated heterocycles. The fourth-order valence-electron chi connectivity index (χ4n) is 2.98. The van der Waals surface area contributed by atoms with E-state index in [4.69, 9.17) is 21.4 Å². The zero-order chi connectivity index (χ0) is 18.7. The number of fused-ring (bicyclic) bond motifs is 1. The van der Waals surface area contributed by atoms with Crippen molar-refractivity contribution in [3.05, 3.63) is 63.0 Å². The van der Waals surface area contributed by atoms with E-state index in [2.05, 4.69) is 6.07 Å². The first kappa shape index (κ1) is 18.1. The number of halogens is 1. The number of ether oxygens (including phenoxy) is 1. The molecule has 3 aromatic rings. The largest absolute Gasteiger partial charge is 0.495 e. The molecule has 0 bridgehead atoms. The number of nitriles is 1. The molecule has 0 aliphatic rings. The third kappa shape index (κ3) is 3.32. The van der Waals surface area contributed by atoms with Gasteiger partial charge in [-0.25, -0.2) is 4.79 Å². The van der Waals surface area contributed by atoms with Gasteiger partial charge in [-0.05, 0) is 42.3 Å². The van der Waals surface area contributed by atoms with Gasteiger partial charge in [0.2, 0.25) is 0 Å². The van der Waals surface area contributed by atoms with Crippen LogP contribution in [-0.4, -0.2) is 28.0 Å². The van der Waals surface area contributed by atoms with E-state index in [1.807, 2.05) is 6.07 Å². The van der Waals surface area contributed by atoms with Crippen molar-refractivity contribution < 1.29 is 9.84 Å². The number of aliphatic hydroxyl groups excluding tert-OH is 1. The number of imidazole rings is 1. The summed E-state index contributed by atoms with van der Waals surface area (Å²) in [4.78, 5) is 12.9.